The molecule has 0 amide bonds. The van der Waals surface area contributed by atoms with Gasteiger partial charge in [-0.3, -0.25) is 19.2 Å². The molecule has 8 N–H and O–H groups in total. The summed E-state index contributed by atoms with van der Waals surface area (Å²) < 4.78 is 0. The SMILES string of the molecule is CC(=O)O.CC(=O)O.CC(=O)O.CC(=O)O.CC=C(N)N.[H-].[K+]. The van der Waals surface area contributed by atoms with Crippen molar-refractivity contribution in [3.8, 4) is 0 Å². The van der Waals surface area contributed by atoms with Crippen LogP contribution in [0.4, 0.5) is 0 Å². The second-order valence-corrected chi connectivity index (χ2v) is 2.86. The molecule has 0 saturated carbocycles. The van der Waals surface area contributed by atoms with Gasteiger partial charge in [-0.25, -0.2) is 0 Å². The van der Waals surface area contributed by atoms with Crippen LogP contribution >= 0.6 is 0 Å². The van der Waals surface area contributed by atoms with Crippen molar-refractivity contribution < 1.29 is 92.4 Å². The standard InChI is InChI=1S/C3H8N2.4C2H4O2.K.H/c1-2-3(4)5;4*1-2(3)4;;/h2H,4-5H2,1H3;4*1H3,(H,3,4);;/q;;;;;+1;-1. The molecule has 0 saturated heterocycles. The Kier molecular flexibility index (Phi) is 54.2. The van der Waals surface area contributed by atoms with Crippen LogP contribution in [-0.4, -0.2) is 44.3 Å². The van der Waals surface area contributed by atoms with Gasteiger partial charge in [-0.05, 0) is 13.0 Å². The van der Waals surface area contributed by atoms with Crippen molar-refractivity contribution in [1.82, 2.24) is 0 Å². The predicted molar refractivity (Wildman–Crippen MR) is 76.5 cm³/mol. The van der Waals surface area contributed by atoms with E-state index in [-0.39, 0.29) is 52.8 Å². The molecule has 0 rings (SSSR count). The van der Waals surface area contributed by atoms with Crippen LogP contribution in [0, 0.1) is 0 Å². The van der Waals surface area contributed by atoms with Gasteiger partial charge in [-0.2, -0.15) is 0 Å². The molecule has 0 spiro atoms. The van der Waals surface area contributed by atoms with Crippen LogP contribution in [0.3, 0.4) is 0 Å². The van der Waals surface area contributed by atoms with E-state index in [4.69, 9.17) is 51.1 Å². The maximum atomic E-state index is 9.00. The molecular formula is C11H25KN2O8. The first kappa shape index (κ1) is 37.3. The number of hydrogen-bond donors (Lipinski definition) is 6. The van der Waals surface area contributed by atoms with Crippen molar-refractivity contribution in [2.75, 3.05) is 0 Å². The summed E-state index contributed by atoms with van der Waals surface area (Å²) in [6.07, 6.45) is 1.64. The molecule has 22 heavy (non-hydrogen) atoms. The average molecular weight is 352 g/mol. The molecule has 0 aromatic carbocycles. The van der Waals surface area contributed by atoms with E-state index in [1.54, 1.807) is 13.0 Å². The number of carbonyl (C=O) groups is 4. The van der Waals surface area contributed by atoms with Gasteiger partial charge in [-0.15, -0.1) is 0 Å². The molecule has 0 radical (unpaired) electrons. The Morgan fingerprint density at radius 3 is 0.773 bits per heavy atom. The van der Waals surface area contributed by atoms with Crippen molar-refractivity contribution in [1.29, 1.82) is 0 Å². The van der Waals surface area contributed by atoms with E-state index < -0.39 is 23.9 Å². The van der Waals surface area contributed by atoms with E-state index in [2.05, 4.69) is 0 Å². The number of carboxylic acids is 4. The Hall–Kier alpha value is -1.14. The third-order valence-electron chi connectivity index (χ3n) is 0.333. The number of aliphatic carboxylic acids is 4. The summed E-state index contributed by atoms with van der Waals surface area (Å²) in [6.45, 7) is 6.12. The molecule has 0 fully saturated rings. The van der Waals surface area contributed by atoms with Gasteiger partial charge in [-0.1, -0.05) is 0 Å². The summed E-state index contributed by atoms with van der Waals surface area (Å²) in [5.41, 5.74) is 9.86. The fourth-order valence-corrected chi connectivity index (χ4v) is 0. The largest absolute Gasteiger partial charge is 1.00 e. The van der Waals surface area contributed by atoms with Gasteiger partial charge in [0, 0.05) is 27.7 Å². The molecular weight excluding hydrogens is 327 g/mol. The van der Waals surface area contributed by atoms with E-state index in [1.165, 1.54) is 0 Å². The summed E-state index contributed by atoms with van der Waals surface area (Å²) in [6, 6.07) is 0. The minimum absolute atomic E-state index is 0. The first-order chi connectivity index (χ1) is 9.20. The number of allylic oxidation sites excluding steroid dienone is 1. The molecule has 0 bridgehead atoms. The van der Waals surface area contributed by atoms with Gasteiger partial charge in [0.1, 0.15) is 0 Å². The Bertz CT molecular complexity index is 270. The number of nitrogens with two attached hydrogens (primary N) is 2. The molecule has 0 aliphatic carbocycles. The maximum absolute atomic E-state index is 9.00. The zero-order valence-corrected chi connectivity index (χ0v) is 16.8. The van der Waals surface area contributed by atoms with E-state index >= 15 is 0 Å². The summed E-state index contributed by atoms with van der Waals surface area (Å²) in [5, 5.41) is 29.7. The zero-order valence-electron chi connectivity index (χ0n) is 14.7. The zero-order chi connectivity index (χ0) is 18.6. The van der Waals surface area contributed by atoms with Gasteiger partial charge >= 0.3 is 51.4 Å². The van der Waals surface area contributed by atoms with Crippen molar-refractivity contribution >= 4 is 23.9 Å². The second kappa shape index (κ2) is 32.0. The topological polar surface area (TPSA) is 201 Å². The normalized spacial score (nSPS) is 6.05. The third-order valence-corrected chi connectivity index (χ3v) is 0.333. The van der Waals surface area contributed by atoms with Gasteiger partial charge in [0.2, 0.25) is 0 Å². The quantitative estimate of drug-likeness (QED) is 0.248. The number of rotatable bonds is 0. The monoisotopic (exact) mass is 352 g/mol. The van der Waals surface area contributed by atoms with Gasteiger partial charge in [0.25, 0.3) is 23.9 Å². The Morgan fingerprint density at radius 1 is 0.727 bits per heavy atom. The summed E-state index contributed by atoms with van der Waals surface area (Å²) in [4.78, 5) is 36.0. The predicted octanol–water partition coefficient (Wildman–Crippen LogP) is -2.75. The smallest absolute Gasteiger partial charge is 1.00 e. The summed E-state index contributed by atoms with van der Waals surface area (Å²) in [7, 11) is 0. The minimum Gasteiger partial charge on any atom is -1.00 e. The molecule has 11 heteroatoms. The number of hydrogen-bond acceptors (Lipinski definition) is 6. The van der Waals surface area contributed by atoms with Gasteiger partial charge < -0.3 is 33.3 Å². The second-order valence-electron chi connectivity index (χ2n) is 2.86. The van der Waals surface area contributed by atoms with Crippen LogP contribution in [0.15, 0.2) is 11.9 Å². The Balaban J connectivity index is -0.0000000273. The molecule has 0 heterocycles. The van der Waals surface area contributed by atoms with Crippen LogP contribution < -0.4 is 62.9 Å². The molecule has 0 aliphatic heterocycles. The van der Waals surface area contributed by atoms with Crippen molar-refractivity contribution in [2.24, 2.45) is 11.5 Å². The molecule has 128 valence electrons. The number of carboxylic acid groups (broad SMARTS) is 4. The first-order valence-electron chi connectivity index (χ1n) is 5.15. The van der Waals surface area contributed by atoms with E-state index in [1.807, 2.05) is 0 Å². The fourth-order valence-electron chi connectivity index (χ4n) is 0. The molecule has 0 atom stereocenters. The van der Waals surface area contributed by atoms with Crippen LogP contribution in [0.5, 0.6) is 0 Å². The van der Waals surface area contributed by atoms with Crippen LogP contribution in [0.1, 0.15) is 36.0 Å². The van der Waals surface area contributed by atoms with Crippen molar-refractivity contribution in [3.05, 3.63) is 11.9 Å². The molecule has 0 aliphatic rings. The molecule has 10 nitrogen and oxygen atoms in total. The van der Waals surface area contributed by atoms with Crippen molar-refractivity contribution in [3.63, 3.8) is 0 Å². The van der Waals surface area contributed by atoms with E-state index in [0.717, 1.165) is 27.7 Å². The Labute approximate surface area is 173 Å². The van der Waals surface area contributed by atoms with Gasteiger partial charge in [0.05, 0.1) is 5.82 Å². The fraction of sp³-hybridized carbons (Fsp3) is 0.455. The first-order valence-corrected chi connectivity index (χ1v) is 5.15. The maximum Gasteiger partial charge on any atom is 1.00 e. The Morgan fingerprint density at radius 2 is 0.773 bits per heavy atom. The molecule has 0 aromatic heterocycles. The van der Waals surface area contributed by atoms with Crippen LogP contribution in [-0.2, 0) is 19.2 Å². The summed E-state index contributed by atoms with van der Waals surface area (Å²) >= 11 is 0. The van der Waals surface area contributed by atoms with Crippen LogP contribution in [0.2, 0.25) is 0 Å². The molecule has 0 aromatic rings. The van der Waals surface area contributed by atoms with E-state index in [0.29, 0.717) is 5.82 Å². The minimum atomic E-state index is -0.833. The summed E-state index contributed by atoms with van der Waals surface area (Å²) in [5.74, 6) is -2.95. The van der Waals surface area contributed by atoms with E-state index in [9.17, 15) is 0 Å². The third kappa shape index (κ3) is 8200. The molecule has 0 unspecified atom stereocenters. The van der Waals surface area contributed by atoms with Crippen molar-refractivity contribution in [2.45, 2.75) is 34.6 Å². The average Bonchev–Trinajstić information content (AvgIpc) is 2.13. The van der Waals surface area contributed by atoms with Crippen LogP contribution in [0.25, 0.3) is 0 Å². The van der Waals surface area contributed by atoms with Gasteiger partial charge in [0.15, 0.2) is 0 Å².